The molecule has 1 N–H and O–H groups in total. The molecule has 0 bridgehead atoms. The number of hydrogen-bond acceptors (Lipinski definition) is 6. The van der Waals surface area contributed by atoms with Crippen LogP contribution in [0.25, 0.3) is 0 Å². The van der Waals surface area contributed by atoms with Crippen LogP contribution in [0.15, 0.2) is 41.3 Å². The van der Waals surface area contributed by atoms with Crippen LogP contribution in [0.3, 0.4) is 0 Å². The van der Waals surface area contributed by atoms with Gasteiger partial charge in [-0.15, -0.1) is 0 Å². The van der Waals surface area contributed by atoms with E-state index in [1.165, 1.54) is 10.5 Å². The number of piperazine rings is 1. The van der Waals surface area contributed by atoms with Gasteiger partial charge in [-0.05, 0) is 30.5 Å². The monoisotopic (exact) mass is 371 g/mol. The van der Waals surface area contributed by atoms with Gasteiger partial charge in [0.05, 0.1) is 25.0 Å². The van der Waals surface area contributed by atoms with Gasteiger partial charge in [0.25, 0.3) is 0 Å². The lowest BCUT2D eigenvalue weighted by Gasteiger charge is -2.36. The predicted octanol–water partition coefficient (Wildman–Crippen LogP) is 3.32. The van der Waals surface area contributed by atoms with Crippen LogP contribution in [0, 0.1) is 6.92 Å². The minimum absolute atomic E-state index is 0.692. The first-order chi connectivity index (χ1) is 12.8. The normalized spacial score (nSPS) is 16.8. The summed E-state index contributed by atoms with van der Waals surface area (Å²) in [5.41, 5.74) is 3.52. The van der Waals surface area contributed by atoms with Crippen molar-refractivity contribution in [3.05, 3.63) is 42.0 Å². The van der Waals surface area contributed by atoms with Gasteiger partial charge in [0, 0.05) is 43.2 Å². The summed E-state index contributed by atoms with van der Waals surface area (Å²) in [5.74, 6) is 1.85. The van der Waals surface area contributed by atoms with Gasteiger partial charge in [0.2, 0.25) is 0 Å². The molecule has 2 aromatic carbocycles. The maximum Gasteiger partial charge on any atom is 0.167 e. The lowest BCUT2D eigenvalue weighted by molar-refractivity contribution is 0.316. The summed E-state index contributed by atoms with van der Waals surface area (Å²) in [6, 6.07) is 12.7. The van der Waals surface area contributed by atoms with Crippen LogP contribution in [0.4, 0.5) is 11.4 Å². The Labute approximate surface area is 159 Å². The summed E-state index contributed by atoms with van der Waals surface area (Å²) in [6.45, 7) is 7.64. The number of benzene rings is 2. The van der Waals surface area contributed by atoms with Crippen LogP contribution < -0.4 is 24.0 Å². The van der Waals surface area contributed by atoms with Crippen LogP contribution in [0.2, 0.25) is 0 Å². The van der Waals surface area contributed by atoms with Gasteiger partial charge < -0.3 is 24.0 Å². The molecular weight excluding hydrogens is 346 g/mol. The third-order valence-electron chi connectivity index (χ3n) is 4.83. The van der Waals surface area contributed by atoms with Crippen molar-refractivity contribution in [2.24, 2.45) is 0 Å². The topological polar surface area (TPSA) is 37.0 Å². The van der Waals surface area contributed by atoms with Gasteiger partial charge in [-0.25, -0.2) is 0 Å². The molecule has 0 aliphatic carbocycles. The van der Waals surface area contributed by atoms with Crippen LogP contribution in [-0.4, -0.2) is 46.4 Å². The highest BCUT2D eigenvalue weighted by Crippen LogP contribution is 2.47. The van der Waals surface area contributed by atoms with Gasteiger partial charge in [-0.2, -0.15) is 0 Å². The highest BCUT2D eigenvalue weighted by molar-refractivity contribution is 8.00. The van der Waals surface area contributed by atoms with Crippen molar-refractivity contribution in [1.29, 1.82) is 0 Å². The number of methoxy groups -OCH3 is 1. The number of rotatable bonds is 4. The Kier molecular flexibility index (Phi) is 5.13. The quantitative estimate of drug-likeness (QED) is 0.831. The van der Waals surface area contributed by atoms with E-state index in [4.69, 9.17) is 9.47 Å². The lowest BCUT2D eigenvalue weighted by atomic mass is 10.1. The van der Waals surface area contributed by atoms with E-state index in [0.29, 0.717) is 6.61 Å². The summed E-state index contributed by atoms with van der Waals surface area (Å²) in [5, 5.41) is 3.41. The average Bonchev–Trinajstić information content (AvgIpc) is 2.70. The molecule has 0 unspecified atom stereocenters. The molecule has 2 aromatic rings. The Hall–Kier alpha value is -2.05. The molecule has 0 aromatic heterocycles. The molecule has 1 saturated heterocycles. The molecular formula is C20H25N3O2S. The third kappa shape index (κ3) is 3.44. The number of fused-ring (bicyclic) bond motifs is 1. The fourth-order valence-electron chi connectivity index (χ4n) is 3.39. The fraction of sp³-hybridized carbons (Fsp3) is 0.400. The molecule has 4 rings (SSSR count). The van der Waals surface area contributed by atoms with E-state index >= 15 is 0 Å². The van der Waals surface area contributed by atoms with E-state index in [9.17, 15) is 0 Å². The Morgan fingerprint density at radius 3 is 2.62 bits per heavy atom. The number of ether oxygens (including phenoxy) is 2. The summed E-state index contributed by atoms with van der Waals surface area (Å²) >= 11 is 1.78. The minimum Gasteiger partial charge on any atom is -0.497 e. The molecule has 6 heteroatoms. The van der Waals surface area contributed by atoms with Crippen LogP contribution in [0.1, 0.15) is 5.56 Å². The molecule has 5 nitrogen and oxygen atoms in total. The predicted molar refractivity (Wildman–Crippen MR) is 108 cm³/mol. The SMILES string of the molecule is COc1cc(N2CCNCC2)c2c(c1)N(Sc1ccccc1C)CCO2. The first kappa shape index (κ1) is 17.4. The summed E-state index contributed by atoms with van der Waals surface area (Å²) in [4.78, 5) is 3.66. The van der Waals surface area contributed by atoms with E-state index in [2.05, 4.69) is 57.8 Å². The zero-order valence-electron chi connectivity index (χ0n) is 15.3. The van der Waals surface area contributed by atoms with Crippen LogP contribution in [-0.2, 0) is 0 Å². The maximum atomic E-state index is 6.13. The van der Waals surface area contributed by atoms with Gasteiger partial charge in [0.1, 0.15) is 12.4 Å². The number of nitrogens with one attached hydrogen (secondary N) is 1. The minimum atomic E-state index is 0.692. The number of hydrogen-bond donors (Lipinski definition) is 1. The van der Waals surface area contributed by atoms with Crippen molar-refractivity contribution < 1.29 is 9.47 Å². The third-order valence-corrected chi connectivity index (χ3v) is 6.08. The van der Waals surface area contributed by atoms with E-state index in [0.717, 1.165) is 55.6 Å². The standard InChI is InChI=1S/C20H25N3O2S/c1-15-5-3-4-6-19(15)26-23-11-12-25-20-17(22-9-7-21-8-10-22)13-16(24-2)14-18(20)23/h3-6,13-14,21H,7-12H2,1-2H3. The number of anilines is 2. The first-order valence-corrected chi connectivity index (χ1v) is 9.85. The Bertz CT molecular complexity index is 778. The fourth-order valence-corrected chi connectivity index (χ4v) is 4.38. The van der Waals surface area contributed by atoms with Crippen molar-refractivity contribution >= 4 is 23.3 Å². The molecule has 0 atom stereocenters. The van der Waals surface area contributed by atoms with E-state index in [1.807, 2.05) is 0 Å². The van der Waals surface area contributed by atoms with Gasteiger partial charge in [-0.1, -0.05) is 18.2 Å². The van der Waals surface area contributed by atoms with E-state index in [1.54, 1.807) is 19.1 Å². The second-order valence-electron chi connectivity index (χ2n) is 6.54. The highest BCUT2D eigenvalue weighted by Gasteiger charge is 2.27. The Balaban J connectivity index is 1.71. The van der Waals surface area contributed by atoms with Crippen molar-refractivity contribution in [2.45, 2.75) is 11.8 Å². The smallest absolute Gasteiger partial charge is 0.167 e. The zero-order valence-corrected chi connectivity index (χ0v) is 16.1. The Morgan fingerprint density at radius 1 is 1.08 bits per heavy atom. The largest absolute Gasteiger partial charge is 0.497 e. The van der Waals surface area contributed by atoms with Gasteiger partial charge in [0.15, 0.2) is 5.75 Å². The lowest BCUT2D eigenvalue weighted by Crippen LogP contribution is -2.44. The molecule has 0 radical (unpaired) electrons. The van der Waals surface area contributed by atoms with E-state index in [-0.39, 0.29) is 0 Å². The Morgan fingerprint density at radius 2 is 1.85 bits per heavy atom. The molecule has 2 heterocycles. The maximum absolute atomic E-state index is 6.13. The summed E-state index contributed by atoms with van der Waals surface area (Å²) in [6.07, 6.45) is 0. The second-order valence-corrected chi connectivity index (χ2v) is 7.60. The molecule has 0 spiro atoms. The zero-order chi connectivity index (χ0) is 17.9. The van der Waals surface area contributed by atoms with Gasteiger partial charge in [-0.3, -0.25) is 0 Å². The number of nitrogens with zero attached hydrogens (tertiary/aromatic N) is 2. The molecule has 2 aliphatic rings. The van der Waals surface area contributed by atoms with Crippen molar-refractivity contribution in [2.75, 3.05) is 55.6 Å². The first-order valence-electron chi connectivity index (χ1n) is 9.08. The summed E-state index contributed by atoms with van der Waals surface area (Å²) in [7, 11) is 1.73. The molecule has 2 aliphatic heterocycles. The molecule has 0 saturated carbocycles. The van der Waals surface area contributed by atoms with Crippen molar-refractivity contribution in [3.8, 4) is 11.5 Å². The number of aryl methyl sites for hydroxylation is 1. The van der Waals surface area contributed by atoms with Crippen molar-refractivity contribution in [3.63, 3.8) is 0 Å². The van der Waals surface area contributed by atoms with Crippen LogP contribution in [0.5, 0.6) is 11.5 Å². The van der Waals surface area contributed by atoms with E-state index < -0.39 is 0 Å². The average molecular weight is 372 g/mol. The molecule has 0 amide bonds. The van der Waals surface area contributed by atoms with Gasteiger partial charge >= 0.3 is 0 Å². The molecule has 138 valence electrons. The van der Waals surface area contributed by atoms with Crippen molar-refractivity contribution in [1.82, 2.24) is 5.32 Å². The molecule has 1 fully saturated rings. The molecule has 26 heavy (non-hydrogen) atoms. The second kappa shape index (κ2) is 7.68. The van der Waals surface area contributed by atoms with Crippen LogP contribution >= 0.6 is 11.9 Å². The highest BCUT2D eigenvalue weighted by atomic mass is 32.2. The summed E-state index contributed by atoms with van der Waals surface area (Å²) < 4.78 is 14.1.